The summed E-state index contributed by atoms with van der Waals surface area (Å²) in [7, 11) is 0. The Kier molecular flexibility index (Phi) is 7.76. The van der Waals surface area contributed by atoms with Crippen molar-refractivity contribution in [2.45, 2.75) is 25.5 Å². The molecule has 1 aromatic rings. The minimum atomic E-state index is -0.138. The molecule has 1 unspecified atom stereocenters. The van der Waals surface area contributed by atoms with Crippen LogP contribution in [-0.2, 0) is 0 Å². The molecule has 0 spiro atoms. The van der Waals surface area contributed by atoms with Crippen LogP contribution in [0, 0.1) is 5.82 Å². The molecule has 126 valence electrons. The minimum Gasteiger partial charge on any atom is -0.285 e. The van der Waals surface area contributed by atoms with Gasteiger partial charge in [0.05, 0.1) is 6.54 Å². The molecule has 3 heteroatoms. The van der Waals surface area contributed by atoms with E-state index in [1.165, 1.54) is 6.07 Å². The van der Waals surface area contributed by atoms with Gasteiger partial charge in [-0.2, -0.15) is 0 Å². The SMILES string of the molecule is C/C=C\C=C(/C)C1=NC/C=C\C=C/CSC(c2ccccc2F)C1. The molecule has 0 N–H and O–H groups in total. The Hall–Kier alpha value is -1.87. The number of hydrogen-bond donors (Lipinski definition) is 0. The van der Waals surface area contributed by atoms with Crippen LogP contribution in [-0.4, -0.2) is 18.0 Å². The van der Waals surface area contributed by atoms with E-state index in [2.05, 4.69) is 19.1 Å². The van der Waals surface area contributed by atoms with Crippen LogP contribution >= 0.6 is 11.8 Å². The van der Waals surface area contributed by atoms with Crippen LogP contribution < -0.4 is 0 Å². The van der Waals surface area contributed by atoms with Gasteiger partial charge in [0.25, 0.3) is 0 Å². The molecule has 0 saturated carbocycles. The standard InChI is InChI=1S/C21H24FNS/c1-3-4-11-17(2)20-16-21(18-12-7-8-13-19(18)22)24-15-10-6-5-9-14-23-20/h3-13,21H,14-16H2,1-2H3/b4-3-,9-5-,10-6-,17-11+,23-20?. The number of thioether (sulfide) groups is 1. The summed E-state index contributed by atoms with van der Waals surface area (Å²) in [6, 6.07) is 7.07. The third-order valence-electron chi connectivity index (χ3n) is 3.79. The van der Waals surface area contributed by atoms with E-state index in [4.69, 9.17) is 4.99 Å². The number of halogens is 1. The second-order valence-corrected chi connectivity index (χ2v) is 6.80. The lowest BCUT2D eigenvalue weighted by molar-refractivity contribution is 0.609. The predicted molar refractivity (Wildman–Crippen MR) is 105 cm³/mol. The molecule has 0 radical (unpaired) electrons. The van der Waals surface area contributed by atoms with Crippen LogP contribution in [0.25, 0.3) is 0 Å². The van der Waals surface area contributed by atoms with Gasteiger partial charge in [0.15, 0.2) is 0 Å². The third kappa shape index (κ3) is 5.64. The minimum absolute atomic E-state index is 0.0571. The van der Waals surface area contributed by atoms with Gasteiger partial charge in [0.2, 0.25) is 0 Å². The molecular weight excluding hydrogens is 317 g/mol. The normalized spacial score (nSPS) is 22.7. The summed E-state index contributed by atoms with van der Waals surface area (Å²) >= 11 is 1.75. The third-order valence-corrected chi connectivity index (χ3v) is 5.00. The van der Waals surface area contributed by atoms with Gasteiger partial charge in [0, 0.05) is 28.7 Å². The first-order chi connectivity index (χ1) is 11.7. The highest BCUT2D eigenvalue weighted by Crippen LogP contribution is 2.35. The molecule has 1 atom stereocenters. The summed E-state index contributed by atoms with van der Waals surface area (Å²) in [6.45, 7) is 4.72. The molecule has 0 aliphatic carbocycles. The highest BCUT2D eigenvalue weighted by atomic mass is 32.2. The molecule has 0 saturated heterocycles. The first-order valence-corrected chi connectivity index (χ1v) is 9.28. The Bertz CT molecular complexity index is 683. The van der Waals surface area contributed by atoms with Crippen molar-refractivity contribution >= 4 is 17.5 Å². The zero-order valence-electron chi connectivity index (χ0n) is 14.3. The monoisotopic (exact) mass is 341 g/mol. The number of rotatable bonds is 3. The molecule has 24 heavy (non-hydrogen) atoms. The van der Waals surface area contributed by atoms with Crippen LogP contribution in [0.1, 0.15) is 31.1 Å². The number of nitrogens with zero attached hydrogens (tertiary/aromatic N) is 1. The van der Waals surface area contributed by atoms with Gasteiger partial charge in [-0.25, -0.2) is 4.39 Å². The number of hydrogen-bond acceptors (Lipinski definition) is 2. The highest BCUT2D eigenvalue weighted by Gasteiger charge is 2.19. The maximum atomic E-state index is 14.3. The summed E-state index contributed by atoms with van der Waals surface area (Å²) in [5.74, 6) is 0.718. The second kappa shape index (κ2) is 10.1. The number of aliphatic imine (C=N–C) groups is 1. The van der Waals surface area contributed by atoms with Crippen molar-refractivity contribution in [1.29, 1.82) is 0 Å². The molecule has 2 rings (SSSR count). The largest absolute Gasteiger partial charge is 0.285 e. The Morgan fingerprint density at radius 1 is 1.25 bits per heavy atom. The van der Waals surface area contributed by atoms with Gasteiger partial charge in [0.1, 0.15) is 5.82 Å². The number of benzene rings is 1. The fourth-order valence-corrected chi connectivity index (χ4v) is 3.57. The van der Waals surface area contributed by atoms with Gasteiger partial charge < -0.3 is 0 Å². The van der Waals surface area contributed by atoms with E-state index in [1.54, 1.807) is 17.8 Å². The van der Waals surface area contributed by atoms with Gasteiger partial charge in [-0.15, -0.1) is 11.8 Å². The van der Waals surface area contributed by atoms with Gasteiger partial charge in [-0.3, -0.25) is 4.99 Å². The van der Waals surface area contributed by atoms with E-state index in [0.717, 1.165) is 29.0 Å². The van der Waals surface area contributed by atoms with Crippen molar-refractivity contribution in [2.75, 3.05) is 12.3 Å². The number of allylic oxidation sites excluding steroid dienone is 6. The van der Waals surface area contributed by atoms with Crippen LogP contribution in [0.2, 0.25) is 0 Å². The molecule has 1 aromatic carbocycles. The molecule has 0 amide bonds. The van der Waals surface area contributed by atoms with Crippen LogP contribution in [0.15, 0.2) is 77.4 Å². The Labute approximate surface area is 148 Å². The summed E-state index contributed by atoms with van der Waals surface area (Å²) in [4.78, 5) is 4.74. The summed E-state index contributed by atoms with van der Waals surface area (Å²) in [6.07, 6.45) is 15.0. The van der Waals surface area contributed by atoms with Crippen LogP contribution in [0.3, 0.4) is 0 Å². The topological polar surface area (TPSA) is 12.4 Å². The van der Waals surface area contributed by atoms with Gasteiger partial charge in [-0.1, -0.05) is 60.7 Å². The van der Waals surface area contributed by atoms with Crippen LogP contribution in [0.4, 0.5) is 4.39 Å². The quantitative estimate of drug-likeness (QED) is 0.607. The van der Waals surface area contributed by atoms with E-state index in [1.807, 2.05) is 49.4 Å². The van der Waals surface area contributed by atoms with Crippen molar-refractivity contribution in [1.82, 2.24) is 0 Å². The Balaban J connectivity index is 2.35. The molecule has 0 bridgehead atoms. The predicted octanol–water partition coefficient (Wildman–Crippen LogP) is 6.08. The zero-order valence-corrected chi connectivity index (χ0v) is 15.1. The van der Waals surface area contributed by atoms with E-state index in [-0.39, 0.29) is 11.1 Å². The van der Waals surface area contributed by atoms with Crippen molar-refractivity contribution in [3.8, 4) is 0 Å². The average Bonchev–Trinajstić information content (AvgIpc) is 2.64. The fourth-order valence-electron chi connectivity index (χ4n) is 2.47. The summed E-state index contributed by atoms with van der Waals surface area (Å²) < 4.78 is 14.3. The molecule has 1 heterocycles. The van der Waals surface area contributed by atoms with Crippen molar-refractivity contribution in [3.05, 3.63) is 83.8 Å². The van der Waals surface area contributed by atoms with Crippen LogP contribution in [0.5, 0.6) is 0 Å². The van der Waals surface area contributed by atoms with Crippen molar-refractivity contribution in [3.63, 3.8) is 0 Å². The van der Waals surface area contributed by atoms with Crippen molar-refractivity contribution < 1.29 is 4.39 Å². The van der Waals surface area contributed by atoms with E-state index >= 15 is 0 Å². The Morgan fingerprint density at radius 3 is 2.83 bits per heavy atom. The molecule has 0 aromatic heterocycles. The lowest BCUT2D eigenvalue weighted by Gasteiger charge is -2.19. The molecule has 1 nitrogen and oxygen atoms in total. The summed E-state index contributed by atoms with van der Waals surface area (Å²) in [5, 5.41) is 0.0571. The van der Waals surface area contributed by atoms with E-state index in [0.29, 0.717) is 6.54 Å². The first kappa shape index (κ1) is 18.5. The van der Waals surface area contributed by atoms with Gasteiger partial charge in [-0.05, 0) is 25.5 Å². The van der Waals surface area contributed by atoms with Crippen molar-refractivity contribution in [2.24, 2.45) is 4.99 Å². The molecule has 0 fully saturated rings. The van der Waals surface area contributed by atoms with E-state index in [9.17, 15) is 4.39 Å². The first-order valence-electron chi connectivity index (χ1n) is 8.23. The lowest BCUT2D eigenvalue weighted by atomic mass is 10.0. The fraction of sp³-hybridized carbons (Fsp3) is 0.286. The van der Waals surface area contributed by atoms with E-state index < -0.39 is 0 Å². The molecule has 1 aliphatic heterocycles. The smallest absolute Gasteiger partial charge is 0.127 e. The second-order valence-electron chi connectivity index (χ2n) is 5.57. The Morgan fingerprint density at radius 2 is 2.04 bits per heavy atom. The van der Waals surface area contributed by atoms with Gasteiger partial charge >= 0.3 is 0 Å². The highest BCUT2D eigenvalue weighted by molar-refractivity contribution is 7.99. The molecule has 1 aliphatic rings. The summed E-state index contributed by atoms with van der Waals surface area (Å²) in [5.41, 5.74) is 2.94. The molecular formula is C21H24FNS. The maximum Gasteiger partial charge on any atom is 0.127 e. The lowest BCUT2D eigenvalue weighted by Crippen LogP contribution is -2.09. The zero-order chi connectivity index (χ0) is 17.2. The maximum absolute atomic E-state index is 14.3. The average molecular weight is 341 g/mol.